The van der Waals surface area contributed by atoms with Crippen LogP contribution in [0.4, 0.5) is 5.13 Å². The zero-order chi connectivity index (χ0) is 11.4. The average molecular weight is 295 g/mol. The van der Waals surface area contributed by atoms with Crippen molar-refractivity contribution in [1.82, 2.24) is 15.5 Å². The molecule has 1 aromatic rings. The van der Waals surface area contributed by atoms with E-state index in [0.29, 0.717) is 5.13 Å². The smallest absolute Gasteiger partial charge is 0.243 e. The third-order valence-electron chi connectivity index (χ3n) is 2.28. The summed E-state index contributed by atoms with van der Waals surface area (Å²) in [7, 11) is 0. The van der Waals surface area contributed by atoms with E-state index in [-0.39, 0.29) is 24.4 Å². The van der Waals surface area contributed by atoms with Crippen LogP contribution >= 0.6 is 35.5 Å². The summed E-state index contributed by atoms with van der Waals surface area (Å²) in [5.41, 5.74) is 0. The molecule has 1 aromatic heterocycles. The van der Waals surface area contributed by atoms with Gasteiger partial charge in [0.2, 0.25) is 11.0 Å². The van der Waals surface area contributed by atoms with Gasteiger partial charge in [-0.05, 0) is 25.1 Å². The molecule has 1 aliphatic rings. The van der Waals surface area contributed by atoms with E-state index < -0.39 is 0 Å². The Kier molecular flexibility index (Phi) is 6.18. The number of rotatable bonds is 4. The van der Waals surface area contributed by atoms with Crippen molar-refractivity contribution in [3.05, 3.63) is 0 Å². The van der Waals surface area contributed by atoms with Gasteiger partial charge in [-0.15, -0.1) is 22.6 Å². The van der Waals surface area contributed by atoms with Gasteiger partial charge in [-0.2, -0.15) is 0 Å². The summed E-state index contributed by atoms with van der Waals surface area (Å²) in [6.07, 6.45) is 1.96. The summed E-state index contributed by atoms with van der Waals surface area (Å²) in [5.74, 6) is 0.967. The molecule has 1 aliphatic heterocycles. The van der Waals surface area contributed by atoms with Crippen LogP contribution in [0, 0.1) is 0 Å². The number of hydrogen-bond acceptors (Lipinski definition) is 6. The fourth-order valence-corrected chi connectivity index (χ4v) is 3.19. The Morgan fingerprint density at radius 1 is 1.65 bits per heavy atom. The molecular formula is C9H15ClN4OS2. The highest BCUT2D eigenvalue weighted by Crippen LogP contribution is 2.25. The molecule has 1 fully saturated rings. The maximum atomic E-state index is 11.7. The molecule has 2 heterocycles. The van der Waals surface area contributed by atoms with E-state index in [9.17, 15) is 4.79 Å². The van der Waals surface area contributed by atoms with Crippen molar-refractivity contribution in [2.24, 2.45) is 0 Å². The van der Waals surface area contributed by atoms with Crippen molar-refractivity contribution in [3.63, 3.8) is 0 Å². The Balaban J connectivity index is 0.00000144. The predicted molar refractivity (Wildman–Crippen MR) is 73.2 cm³/mol. The topological polar surface area (TPSA) is 66.9 Å². The van der Waals surface area contributed by atoms with Crippen molar-refractivity contribution in [1.29, 1.82) is 0 Å². The number of hydrogen-bond donors (Lipinski definition) is 2. The van der Waals surface area contributed by atoms with Crippen LogP contribution in [0.2, 0.25) is 0 Å². The molecule has 1 unspecified atom stereocenters. The summed E-state index contributed by atoms with van der Waals surface area (Å²) in [6, 6.07) is -0.0637. The molecule has 0 saturated carbocycles. The molecule has 0 spiro atoms. The first kappa shape index (κ1) is 14.7. The molecule has 0 bridgehead atoms. The van der Waals surface area contributed by atoms with E-state index in [1.54, 1.807) is 11.8 Å². The lowest BCUT2D eigenvalue weighted by atomic mass is 10.2. The predicted octanol–water partition coefficient (Wildman–Crippen LogP) is 1.76. The molecule has 1 atom stereocenters. The van der Waals surface area contributed by atoms with Gasteiger partial charge in [0.15, 0.2) is 4.34 Å². The van der Waals surface area contributed by atoms with E-state index in [1.807, 2.05) is 0 Å². The van der Waals surface area contributed by atoms with Crippen LogP contribution in [0.3, 0.4) is 0 Å². The van der Waals surface area contributed by atoms with Gasteiger partial charge in [0.25, 0.3) is 0 Å². The highest BCUT2D eigenvalue weighted by Gasteiger charge is 2.22. The van der Waals surface area contributed by atoms with Crippen molar-refractivity contribution < 1.29 is 4.79 Å². The highest BCUT2D eigenvalue weighted by atomic mass is 35.5. The van der Waals surface area contributed by atoms with Crippen molar-refractivity contribution in [2.75, 3.05) is 17.6 Å². The van der Waals surface area contributed by atoms with Crippen LogP contribution in [0.5, 0.6) is 0 Å². The number of aromatic nitrogens is 2. The molecule has 2 N–H and O–H groups in total. The van der Waals surface area contributed by atoms with Gasteiger partial charge in [0.1, 0.15) is 0 Å². The first-order chi connectivity index (χ1) is 7.79. The Bertz CT molecular complexity index is 368. The van der Waals surface area contributed by atoms with Gasteiger partial charge in [0, 0.05) is 0 Å². The van der Waals surface area contributed by atoms with Gasteiger partial charge in [0.05, 0.1) is 6.04 Å². The highest BCUT2D eigenvalue weighted by molar-refractivity contribution is 8.01. The van der Waals surface area contributed by atoms with E-state index in [4.69, 9.17) is 0 Å². The Hall–Kier alpha value is -0.370. The molecule has 8 heteroatoms. The molecule has 17 heavy (non-hydrogen) atoms. The van der Waals surface area contributed by atoms with Gasteiger partial charge in [-0.3, -0.25) is 10.1 Å². The Morgan fingerprint density at radius 2 is 2.47 bits per heavy atom. The molecule has 96 valence electrons. The minimum Gasteiger partial charge on any atom is -0.306 e. The zero-order valence-corrected chi connectivity index (χ0v) is 11.9. The summed E-state index contributed by atoms with van der Waals surface area (Å²) in [5, 5.41) is 14.4. The van der Waals surface area contributed by atoms with Crippen LogP contribution in [0.1, 0.15) is 19.8 Å². The standard InChI is InChI=1S/C9H14N4OS2.ClH/c1-2-15-9-13-12-8(16-9)11-7(14)6-4-3-5-10-6;/h6,10H,2-5H2,1H3,(H,11,12,14);1H. The van der Waals surface area contributed by atoms with Gasteiger partial charge >= 0.3 is 0 Å². The van der Waals surface area contributed by atoms with Gasteiger partial charge in [-0.25, -0.2) is 0 Å². The molecule has 0 aliphatic carbocycles. The van der Waals surface area contributed by atoms with Crippen molar-refractivity contribution in [3.8, 4) is 0 Å². The Labute approximate surface area is 115 Å². The monoisotopic (exact) mass is 294 g/mol. The van der Waals surface area contributed by atoms with Gasteiger partial charge < -0.3 is 5.32 Å². The summed E-state index contributed by atoms with van der Waals surface area (Å²) >= 11 is 3.06. The number of amides is 1. The quantitative estimate of drug-likeness (QED) is 0.654. The maximum absolute atomic E-state index is 11.7. The first-order valence-corrected chi connectivity index (χ1v) is 7.10. The second-order valence-electron chi connectivity index (χ2n) is 3.44. The van der Waals surface area contributed by atoms with Crippen LogP contribution in [-0.4, -0.2) is 34.4 Å². The lowest BCUT2D eigenvalue weighted by molar-refractivity contribution is -0.117. The number of thioether (sulfide) groups is 1. The Morgan fingerprint density at radius 3 is 3.12 bits per heavy atom. The molecule has 5 nitrogen and oxygen atoms in total. The maximum Gasteiger partial charge on any atom is 0.243 e. The number of nitrogens with one attached hydrogen (secondary N) is 2. The number of nitrogens with zero attached hydrogens (tertiary/aromatic N) is 2. The molecule has 0 radical (unpaired) electrons. The molecule has 1 saturated heterocycles. The first-order valence-electron chi connectivity index (χ1n) is 5.30. The van der Waals surface area contributed by atoms with Crippen molar-refractivity contribution >= 4 is 46.5 Å². The summed E-state index contributed by atoms with van der Waals surface area (Å²) < 4.78 is 0.900. The molecule has 0 aromatic carbocycles. The minimum atomic E-state index is -0.0637. The number of anilines is 1. The average Bonchev–Trinajstić information content (AvgIpc) is 2.89. The zero-order valence-electron chi connectivity index (χ0n) is 9.43. The second kappa shape index (κ2) is 7.15. The number of halogens is 1. The van der Waals surface area contributed by atoms with Crippen LogP contribution in [-0.2, 0) is 4.79 Å². The molecule has 2 rings (SSSR count). The SMILES string of the molecule is CCSc1nnc(NC(=O)C2CCCN2)s1.Cl. The minimum absolute atomic E-state index is 0. The van der Waals surface area contributed by atoms with E-state index in [2.05, 4.69) is 27.8 Å². The van der Waals surface area contributed by atoms with E-state index in [0.717, 1.165) is 29.5 Å². The number of carbonyl (C=O) groups excluding carboxylic acids is 1. The lowest BCUT2D eigenvalue weighted by Crippen LogP contribution is -2.35. The van der Waals surface area contributed by atoms with Crippen LogP contribution < -0.4 is 10.6 Å². The van der Waals surface area contributed by atoms with E-state index in [1.165, 1.54) is 11.3 Å². The van der Waals surface area contributed by atoms with Crippen LogP contribution in [0.25, 0.3) is 0 Å². The second-order valence-corrected chi connectivity index (χ2v) is 5.93. The fourth-order valence-electron chi connectivity index (χ4n) is 1.54. The van der Waals surface area contributed by atoms with Crippen molar-refractivity contribution in [2.45, 2.75) is 30.1 Å². The van der Waals surface area contributed by atoms with Gasteiger partial charge in [-0.1, -0.05) is 30.0 Å². The third-order valence-corrected chi connectivity index (χ3v) is 4.14. The normalized spacial score (nSPS) is 18.8. The van der Waals surface area contributed by atoms with E-state index >= 15 is 0 Å². The summed E-state index contributed by atoms with van der Waals surface area (Å²) in [4.78, 5) is 11.7. The fraction of sp³-hybridized carbons (Fsp3) is 0.667. The largest absolute Gasteiger partial charge is 0.306 e. The molecule has 1 amide bonds. The van der Waals surface area contributed by atoms with Crippen LogP contribution in [0.15, 0.2) is 4.34 Å². The number of carbonyl (C=O) groups is 1. The lowest BCUT2D eigenvalue weighted by Gasteiger charge is -2.07. The molecular weight excluding hydrogens is 280 g/mol. The summed E-state index contributed by atoms with van der Waals surface area (Å²) in [6.45, 7) is 2.98. The third kappa shape index (κ3) is 4.09.